The third-order valence-corrected chi connectivity index (χ3v) is 10.8. The Bertz CT molecular complexity index is 2380. The first-order valence-corrected chi connectivity index (χ1v) is 19.6. The second-order valence-electron chi connectivity index (χ2n) is 12.1. The van der Waals surface area contributed by atoms with Crippen molar-refractivity contribution in [3.8, 4) is 0 Å². The van der Waals surface area contributed by atoms with Crippen LogP contribution in [0.2, 0.25) is 0 Å². The van der Waals surface area contributed by atoms with Crippen molar-refractivity contribution in [3.05, 3.63) is 81.7 Å². The quantitative estimate of drug-likeness (QED) is 0.130. The maximum absolute atomic E-state index is 13.0. The van der Waals surface area contributed by atoms with Crippen molar-refractivity contribution < 1.29 is 35.2 Å². The normalized spacial score (nSPS) is 13.3. The van der Waals surface area contributed by atoms with Crippen molar-refractivity contribution in [2.24, 2.45) is 5.92 Å². The molecule has 0 amide bonds. The zero-order valence-electron chi connectivity index (χ0n) is 25.8. The van der Waals surface area contributed by atoms with Crippen molar-refractivity contribution in [2.45, 2.75) is 56.1 Å². The van der Waals surface area contributed by atoms with Gasteiger partial charge in [-0.2, -0.15) is 4.72 Å². The maximum Gasteiger partial charge on any atom is 0.324 e. The minimum absolute atomic E-state index is 0.0253. The molecule has 9 nitrogen and oxygen atoms in total. The zero-order chi connectivity index (χ0) is 34.5. The van der Waals surface area contributed by atoms with Gasteiger partial charge in [-0.15, -0.1) is 0 Å². The highest BCUT2D eigenvalue weighted by molar-refractivity contribution is 9.10. The molecule has 0 saturated heterocycles. The number of rotatable bonds is 6. The molecule has 0 spiro atoms. The molecule has 6 rings (SSSR count). The third kappa shape index (κ3) is 8.03. The molecule has 2 aromatic heterocycles. The predicted octanol–water partition coefficient (Wildman–Crippen LogP) is 9.27. The number of furan rings is 2. The number of nitrogens with one attached hydrogen (secondary N) is 1. The second-order valence-corrected chi connectivity index (χ2v) is 18.2. The molecule has 0 saturated carbocycles. The van der Waals surface area contributed by atoms with Crippen molar-refractivity contribution >= 4 is 111 Å². The van der Waals surface area contributed by atoms with Crippen LogP contribution in [0.5, 0.6) is 0 Å². The first kappa shape index (κ1) is 35.4. The molecule has 1 atom stereocenters. The fourth-order valence-corrected chi connectivity index (χ4v) is 7.67. The number of carbonyl (C=O) groups excluding carboxylic acids is 1. The van der Waals surface area contributed by atoms with E-state index in [4.69, 9.17) is 24.3 Å². The standard InChI is InChI=1S/C21H24BrNO5S.C12H6BrClO3S/c1-12(2)19(20(24)28-21(3,4)5)23-29(25,26)14-7-8-15-16-10-13(22)6-9-17(16)27-18(15)11-14;13-7-1-4-11-10(5-7)9-3-2-8(18(14,15)16)6-12(9)17-11/h6-12,19,23H,1-5H3;1-6H/t19-;/m0./s1. The van der Waals surface area contributed by atoms with Crippen LogP contribution in [-0.2, 0) is 28.6 Å². The van der Waals surface area contributed by atoms with Gasteiger partial charge in [0.05, 0.1) is 9.79 Å². The molecule has 1 N–H and O–H groups in total. The van der Waals surface area contributed by atoms with Crippen molar-refractivity contribution in [1.29, 1.82) is 0 Å². The molecule has 4 aromatic carbocycles. The summed E-state index contributed by atoms with van der Waals surface area (Å²) in [4.78, 5) is 12.6. The summed E-state index contributed by atoms with van der Waals surface area (Å²) in [5, 5.41) is 3.49. The van der Waals surface area contributed by atoms with Gasteiger partial charge in [-0.3, -0.25) is 4.79 Å². The lowest BCUT2D eigenvalue weighted by Gasteiger charge is -2.26. The van der Waals surface area contributed by atoms with E-state index < -0.39 is 36.7 Å². The van der Waals surface area contributed by atoms with Gasteiger partial charge in [0.2, 0.25) is 10.0 Å². The molecule has 47 heavy (non-hydrogen) atoms. The Hall–Kier alpha value is -2.94. The van der Waals surface area contributed by atoms with E-state index in [-0.39, 0.29) is 15.7 Å². The van der Waals surface area contributed by atoms with Crippen LogP contribution >= 0.6 is 42.5 Å². The van der Waals surface area contributed by atoms with E-state index in [1.54, 1.807) is 46.8 Å². The molecular formula is C33H30Br2ClNO8S2. The molecule has 0 unspecified atom stereocenters. The van der Waals surface area contributed by atoms with E-state index in [1.165, 1.54) is 24.3 Å². The number of hydrogen-bond donors (Lipinski definition) is 1. The van der Waals surface area contributed by atoms with Gasteiger partial charge in [0.15, 0.2) is 0 Å². The van der Waals surface area contributed by atoms with Gasteiger partial charge < -0.3 is 13.6 Å². The summed E-state index contributed by atoms with van der Waals surface area (Å²) in [6.45, 7) is 8.74. The highest BCUT2D eigenvalue weighted by Crippen LogP contribution is 2.34. The van der Waals surface area contributed by atoms with Crippen molar-refractivity contribution in [1.82, 2.24) is 4.72 Å². The van der Waals surface area contributed by atoms with Crippen LogP contribution in [0, 0.1) is 5.92 Å². The van der Waals surface area contributed by atoms with Crippen molar-refractivity contribution in [2.75, 3.05) is 0 Å². The highest BCUT2D eigenvalue weighted by atomic mass is 79.9. The topological polar surface area (TPSA) is 133 Å². The summed E-state index contributed by atoms with van der Waals surface area (Å²) in [5.74, 6) is -0.891. The Morgan fingerprint density at radius 2 is 1.19 bits per heavy atom. The van der Waals surface area contributed by atoms with Crippen molar-refractivity contribution in [3.63, 3.8) is 0 Å². The molecule has 0 aliphatic rings. The van der Waals surface area contributed by atoms with Gasteiger partial charge in [0, 0.05) is 53.3 Å². The summed E-state index contributed by atoms with van der Waals surface area (Å²) in [7, 11) is -2.39. The lowest BCUT2D eigenvalue weighted by Crippen LogP contribution is -2.47. The zero-order valence-corrected chi connectivity index (χ0v) is 31.4. The summed E-state index contributed by atoms with van der Waals surface area (Å²) < 4.78 is 69.6. The Kier molecular flexibility index (Phi) is 9.91. The number of sulfonamides is 1. The summed E-state index contributed by atoms with van der Waals surface area (Å²) in [6, 6.07) is 19.5. The van der Waals surface area contributed by atoms with Gasteiger partial charge in [0.25, 0.3) is 9.05 Å². The molecule has 0 aliphatic heterocycles. The fraction of sp³-hybridized carbons (Fsp3) is 0.242. The van der Waals surface area contributed by atoms with Crippen LogP contribution in [0.4, 0.5) is 0 Å². The highest BCUT2D eigenvalue weighted by Gasteiger charge is 2.32. The van der Waals surface area contributed by atoms with Crippen LogP contribution < -0.4 is 4.72 Å². The monoisotopic (exact) mass is 825 g/mol. The lowest BCUT2D eigenvalue weighted by atomic mass is 10.1. The van der Waals surface area contributed by atoms with Crippen LogP contribution in [0.1, 0.15) is 34.6 Å². The molecule has 0 bridgehead atoms. The molecule has 14 heteroatoms. The molecule has 6 aromatic rings. The molecule has 0 radical (unpaired) electrons. The van der Waals surface area contributed by atoms with Gasteiger partial charge in [-0.25, -0.2) is 16.8 Å². The van der Waals surface area contributed by atoms with Crippen LogP contribution in [0.25, 0.3) is 43.9 Å². The molecule has 2 heterocycles. The number of hydrogen-bond acceptors (Lipinski definition) is 8. The SMILES string of the molecule is CC(C)[C@H](NS(=O)(=O)c1ccc2c(c1)oc1ccc(Br)cc12)C(=O)OC(C)(C)C.O=S(=O)(Cl)c1ccc2c(c1)oc1ccc(Br)cc12. The van der Waals surface area contributed by atoms with E-state index in [0.29, 0.717) is 22.3 Å². The average Bonchev–Trinajstić information content (AvgIpc) is 3.51. The Balaban J connectivity index is 0.000000205. The fourth-order valence-electron chi connectivity index (χ4n) is 4.84. The molecule has 0 fully saturated rings. The Labute approximate surface area is 293 Å². The van der Waals surface area contributed by atoms with Gasteiger partial charge in [-0.05, 0) is 87.4 Å². The molecule has 248 valence electrons. The largest absolute Gasteiger partial charge is 0.459 e. The predicted molar refractivity (Wildman–Crippen MR) is 191 cm³/mol. The number of carbonyl (C=O) groups is 1. The summed E-state index contributed by atoms with van der Waals surface area (Å²) in [5.41, 5.74) is 1.62. The first-order valence-electron chi connectivity index (χ1n) is 14.3. The van der Waals surface area contributed by atoms with E-state index in [1.807, 2.05) is 36.4 Å². The van der Waals surface area contributed by atoms with Gasteiger partial charge in [-0.1, -0.05) is 45.7 Å². The van der Waals surface area contributed by atoms with E-state index in [9.17, 15) is 21.6 Å². The molecule has 0 aliphatic carbocycles. The third-order valence-electron chi connectivity index (χ3n) is 7.01. The van der Waals surface area contributed by atoms with E-state index in [2.05, 4.69) is 36.6 Å². The smallest absolute Gasteiger partial charge is 0.324 e. The van der Waals surface area contributed by atoms with Gasteiger partial charge in [0.1, 0.15) is 34.0 Å². The number of benzene rings is 4. The summed E-state index contributed by atoms with van der Waals surface area (Å²) >= 11 is 6.82. The van der Waals surface area contributed by atoms with E-state index >= 15 is 0 Å². The lowest BCUT2D eigenvalue weighted by molar-refractivity contribution is -0.158. The Morgan fingerprint density at radius 1 is 0.723 bits per heavy atom. The van der Waals surface area contributed by atoms with Crippen LogP contribution in [0.15, 0.2) is 100 Å². The number of halogens is 3. The van der Waals surface area contributed by atoms with Gasteiger partial charge >= 0.3 is 5.97 Å². The minimum atomic E-state index is -3.96. The maximum atomic E-state index is 13.0. The number of esters is 1. The van der Waals surface area contributed by atoms with Crippen LogP contribution in [-0.4, -0.2) is 34.4 Å². The number of fused-ring (bicyclic) bond motifs is 6. The molecular weight excluding hydrogens is 798 g/mol. The number of ether oxygens (including phenoxy) is 1. The summed E-state index contributed by atoms with van der Waals surface area (Å²) in [6.07, 6.45) is 0. The average molecular weight is 828 g/mol. The second kappa shape index (κ2) is 13.2. The first-order chi connectivity index (χ1) is 21.8. The van der Waals surface area contributed by atoms with Crippen LogP contribution in [0.3, 0.4) is 0 Å². The van der Waals surface area contributed by atoms with E-state index in [0.717, 1.165) is 30.5 Å². The minimum Gasteiger partial charge on any atom is -0.459 e. The Morgan fingerprint density at radius 3 is 1.64 bits per heavy atom.